The summed E-state index contributed by atoms with van der Waals surface area (Å²) in [6.45, 7) is 5.56. The molecule has 1 aliphatic rings. The van der Waals surface area contributed by atoms with Crippen molar-refractivity contribution in [2.75, 3.05) is 18.4 Å². The Morgan fingerprint density at radius 2 is 1.62 bits per heavy atom. The Bertz CT molecular complexity index is 538. The molecule has 0 aliphatic carbocycles. The van der Waals surface area contributed by atoms with Crippen LogP contribution in [0.3, 0.4) is 0 Å². The van der Waals surface area contributed by atoms with Gasteiger partial charge in [0, 0.05) is 30.9 Å². The minimum atomic E-state index is -0.273. The highest BCUT2D eigenvalue weighted by Crippen LogP contribution is 2.14. The summed E-state index contributed by atoms with van der Waals surface area (Å²) < 4.78 is 0. The molecule has 0 spiro atoms. The molecule has 0 unspecified atom stereocenters. The molecule has 0 atom stereocenters. The summed E-state index contributed by atoms with van der Waals surface area (Å²) in [6.07, 6.45) is 5.96. The van der Waals surface area contributed by atoms with Gasteiger partial charge in [-0.15, -0.1) is 0 Å². The van der Waals surface area contributed by atoms with Gasteiger partial charge in [-0.25, -0.2) is 0 Å². The highest BCUT2D eigenvalue weighted by molar-refractivity contribution is 6.03. The molecule has 1 heterocycles. The molecule has 0 saturated carbocycles. The zero-order valence-electron chi connectivity index (χ0n) is 12.7. The van der Waals surface area contributed by atoms with E-state index < -0.39 is 0 Å². The van der Waals surface area contributed by atoms with E-state index in [2.05, 4.69) is 5.32 Å². The predicted molar refractivity (Wildman–Crippen MR) is 84.1 cm³/mol. The second-order valence-corrected chi connectivity index (χ2v) is 5.58. The molecule has 0 radical (unpaired) electrons. The van der Waals surface area contributed by atoms with Crippen LogP contribution in [0.25, 0.3) is 0 Å². The average Bonchev–Trinajstić information content (AvgIpc) is 2.44. The van der Waals surface area contributed by atoms with Crippen LogP contribution >= 0.6 is 0 Å². The fourth-order valence-electron chi connectivity index (χ4n) is 2.60. The second kappa shape index (κ2) is 7.07. The van der Waals surface area contributed by atoms with Crippen LogP contribution in [-0.2, 0) is 9.59 Å². The Hall–Kier alpha value is -2.10. The lowest BCUT2D eigenvalue weighted by Crippen LogP contribution is -2.34. The van der Waals surface area contributed by atoms with Crippen molar-refractivity contribution in [3.05, 3.63) is 41.5 Å². The van der Waals surface area contributed by atoms with E-state index in [-0.39, 0.29) is 11.8 Å². The zero-order valence-corrected chi connectivity index (χ0v) is 12.7. The largest absolute Gasteiger partial charge is 0.339 e. The van der Waals surface area contributed by atoms with Crippen LogP contribution in [-0.4, -0.2) is 29.8 Å². The Morgan fingerprint density at radius 3 is 2.24 bits per heavy atom. The molecule has 1 fully saturated rings. The molecule has 1 aromatic rings. The summed E-state index contributed by atoms with van der Waals surface area (Å²) in [5, 5.41) is 2.79. The normalized spacial score (nSPS) is 15.2. The van der Waals surface area contributed by atoms with Crippen LogP contribution in [0.1, 0.15) is 30.4 Å². The van der Waals surface area contributed by atoms with Crippen molar-refractivity contribution in [2.24, 2.45) is 0 Å². The zero-order chi connectivity index (χ0) is 15.2. The lowest BCUT2D eigenvalue weighted by Gasteiger charge is -2.25. The number of carbonyl (C=O) groups excluding carboxylic acids is 2. The number of amides is 2. The van der Waals surface area contributed by atoms with E-state index in [4.69, 9.17) is 0 Å². The van der Waals surface area contributed by atoms with Crippen LogP contribution in [0.15, 0.2) is 30.4 Å². The third kappa shape index (κ3) is 4.74. The minimum absolute atomic E-state index is 0.0785. The molecule has 1 aromatic carbocycles. The van der Waals surface area contributed by atoms with Crippen LogP contribution in [0.4, 0.5) is 5.69 Å². The predicted octanol–water partition coefficient (Wildman–Crippen LogP) is 2.81. The van der Waals surface area contributed by atoms with Gasteiger partial charge in [-0.2, -0.15) is 0 Å². The van der Waals surface area contributed by atoms with Gasteiger partial charge in [0.05, 0.1) is 0 Å². The summed E-state index contributed by atoms with van der Waals surface area (Å²) in [5.74, 6) is -0.351. The van der Waals surface area contributed by atoms with E-state index in [1.54, 1.807) is 4.90 Å². The van der Waals surface area contributed by atoms with Crippen molar-refractivity contribution in [3.63, 3.8) is 0 Å². The van der Waals surface area contributed by atoms with Crippen LogP contribution in [0.2, 0.25) is 0 Å². The number of benzene rings is 1. The summed E-state index contributed by atoms with van der Waals surface area (Å²) in [6, 6.07) is 5.86. The molecule has 4 heteroatoms. The third-order valence-electron chi connectivity index (χ3n) is 3.53. The summed E-state index contributed by atoms with van der Waals surface area (Å²) in [4.78, 5) is 25.6. The summed E-state index contributed by atoms with van der Waals surface area (Å²) in [7, 11) is 0. The van der Waals surface area contributed by atoms with Gasteiger partial charge < -0.3 is 10.2 Å². The fourth-order valence-corrected chi connectivity index (χ4v) is 2.60. The van der Waals surface area contributed by atoms with Gasteiger partial charge in [0.25, 0.3) is 0 Å². The average molecular weight is 286 g/mol. The highest BCUT2D eigenvalue weighted by atomic mass is 16.2. The van der Waals surface area contributed by atoms with Crippen LogP contribution < -0.4 is 5.32 Å². The van der Waals surface area contributed by atoms with Gasteiger partial charge >= 0.3 is 0 Å². The second-order valence-electron chi connectivity index (χ2n) is 5.58. The van der Waals surface area contributed by atoms with Gasteiger partial charge in [-0.3, -0.25) is 9.59 Å². The molecule has 1 N–H and O–H groups in total. The maximum atomic E-state index is 11.9. The topological polar surface area (TPSA) is 49.4 Å². The van der Waals surface area contributed by atoms with Gasteiger partial charge in [0.1, 0.15) is 0 Å². The number of rotatable bonds is 3. The number of anilines is 1. The Labute approximate surface area is 125 Å². The van der Waals surface area contributed by atoms with Crippen molar-refractivity contribution >= 4 is 17.5 Å². The molecule has 1 saturated heterocycles. The first-order valence-corrected chi connectivity index (χ1v) is 7.41. The fraction of sp³-hybridized carbons (Fsp3) is 0.412. The Kier molecular flexibility index (Phi) is 5.14. The Morgan fingerprint density at radius 1 is 1.00 bits per heavy atom. The SMILES string of the molecule is Cc1cc(C)cc(NC(=O)C=CC(=O)N2CCCCC2)c1. The summed E-state index contributed by atoms with van der Waals surface area (Å²) in [5.41, 5.74) is 2.95. The number of piperidine rings is 1. The van der Waals surface area contributed by atoms with Gasteiger partial charge in [-0.05, 0) is 56.4 Å². The number of carbonyl (C=O) groups is 2. The van der Waals surface area contributed by atoms with Gasteiger partial charge in [-0.1, -0.05) is 6.07 Å². The molecule has 4 nitrogen and oxygen atoms in total. The van der Waals surface area contributed by atoms with Crippen molar-refractivity contribution in [2.45, 2.75) is 33.1 Å². The van der Waals surface area contributed by atoms with Gasteiger partial charge in [0.2, 0.25) is 11.8 Å². The number of nitrogens with zero attached hydrogens (tertiary/aromatic N) is 1. The van der Waals surface area contributed by atoms with E-state index in [0.717, 1.165) is 42.7 Å². The summed E-state index contributed by atoms with van der Waals surface area (Å²) >= 11 is 0. The number of hydrogen-bond acceptors (Lipinski definition) is 2. The number of likely N-dealkylation sites (tertiary alicyclic amines) is 1. The molecule has 112 valence electrons. The van der Waals surface area contributed by atoms with Gasteiger partial charge in [0.15, 0.2) is 0 Å². The molecule has 1 aliphatic heterocycles. The van der Waals surface area contributed by atoms with E-state index >= 15 is 0 Å². The number of aryl methyl sites for hydroxylation is 2. The number of nitrogens with one attached hydrogen (secondary N) is 1. The third-order valence-corrected chi connectivity index (χ3v) is 3.53. The molecular formula is C17H22N2O2. The molecule has 21 heavy (non-hydrogen) atoms. The first-order valence-electron chi connectivity index (χ1n) is 7.41. The van der Waals surface area contributed by atoms with Crippen molar-refractivity contribution in [1.29, 1.82) is 0 Å². The maximum Gasteiger partial charge on any atom is 0.248 e. The van der Waals surface area contributed by atoms with Crippen LogP contribution in [0, 0.1) is 13.8 Å². The van der Waals surface area contributed by atoms with E-state index in [1.165, 1.54) is 18.6 Å². The van der Waals surface area contributed by atoms with Crippen molar-refractivity contribution in [1.82, 2.24) is 4.90 Å². The first kappa shape index (κ1) is 15.3. The lowest BCUT2D eigenvalue weighted by atomic mass is 10.1. The van der Waals surface area contributed by atoms with Crippen LogP contribution in [0.5, 0.6) is 0 Å². The molecule has 2 amide bonds. The van der Waals surface area contributed by atoms with E-state index in [9.17, 15) is 9.59 Å². The smallest absolute Gasteiger partial charge is 0.248 e. The monoisotopic (exact) mass is 286 g/mol. The van der Waals surface area contributed by atoms with Crippen molar-refractivity contribution < 1.29 is 9.59 Å². The molecular weight excluding hydrogens is 264 g/mol. The highest BCUT2D eigenvalue weighted by Gasteiger charge is 2.14. The van der Waals surface area contributed by atoms with E-state index in [0.29, 0.717) is 0 Å². The Balaban J connectivity index is 1.91. The first-order chi connectivity index (χ1) is 10.0. The van der Waals surface area contributed by atoms with E-state index in [1.807, 2.05) is 32.0 Å². The maximum absolute atomic E-state index is 11.9. The number of hydrogen-bond donors (Lipinski definition) is 1. The standard InChI is InChI=1S/C17H22N2O2/c1-13-10-14(2)12-15(11-13)18-16(20)6-7-17(21)19-8-4-3-5-9-19/h6-7,10-12H,3-5,8-9H2,1-2H3,(H,18,20). The lowest BCUT2D eigenvalue weighted by molar-refractivity contribution is -0.127. The molecule has 0 bridgehead atoms. The quantitative estimate of drug-likeness (QED) is 0.869. The molecule has 0 aromatic heterocycles. The minimum Gasteiger partial charge on any atom is -0.339 e. The van der Waals surface area contributed by atoms with Crippen molar-refractivity contribution in [3.8, 4) is 0 Å². The molecule has 2 rings (SSSR count).